The molecule has 0 bridgehead atoms. The SMILES string of the molecule is COc1ccc(CN(C(=O)CCc2ccc(S(=O)(=O)N3CCCC3)cc2)[C@@H](C(=O)NCc2ccccn2)c2ccccc2)cc1. The Labute approximate surface area is 264 Å². The number of ether oxygens (including phenoxy) is 1. The molecule has 1 atom stereocenters. The van der Waals surface area contributed by atoms with Crippen LogP contribution in [-0.4, -0.2) is 54.6 Å². The van der Waals surface area contributed by atoms with E-state index in [1.807, 2.05) is 72.8 Å². The number of methoxy groups -OCH3 is 1. The molecule has 0 spiro atoms. The van der Waals surface area contributed by atoms with Crippen LogP contribution in [0.15, 0.2) is 108 Å². The van der Waals surface area contributed by atoms with Gasteiger partial charge in [-0.1, -0.05) is 60.7 Å². The standard InChI is InChI=1S/C35H38N4O5S/c1-44-31-17-12-28(13-18-31)26-39(34(29-9-3-2-4-10-29)35(41)37-25-30-11-5-6-22-36-30)33(40)21-16-27-14-19-32(20-15-27)45(42,43)38-23-7-8-24-38/h2-6,9-15,17-20,22,34H,7-8,16,21,23-26H2,1H3,(H,37,41)/t34-/m1/s1. The predicted octanol–water partition coefficient (Wildman–Crippen LogP) is 4.89. The van der Waals surface area contributed by atoms with Gasteiger partial charge in [0.15, 0.2) is 0 Å². The smallest absolute Gasteiger partial charge is 0.247 e. The van der Waals surface area contributed by atoms with Crippen molar-refractivity contribution in [1.29, 1.82) is 0 Å². The second-order valence-corrected chi connectivity index (χ2v) is 12.9. The molecule has 1 aromatic heterocycles. The highest BCUT2D eigenvalue weighted by Gasteiger charge is 2.32. The largest absolute Gasteiger partial charge is 0.497 e. The Bertz CT molecular complexity index is 1660. The molecule has 1 aliphatic rings. The van der Waals surface area contributed by atoms with E-state index in [0.29, 0.717) is 36.5 Å². The minimum Gasteiger partial charge on any atom is -0.497 e. The first-order chi connectivity index (χ1) is 21.8. The third kappa shape index (κ3) is 8.14. The molecule has 234 valence electrons. The molecule has 0 saturated carbocycles. The van der Waals surface area contributed by atoms with E-state index in [1.165, 1.54) is 4.31 Å². The summed E-state index contributed by atoms with van der Waals surface area (Å²) in [5, 5.41) is 2.98. The van der Waals surface area contributed by atoms with E-state index >= 15 is 0 Å². The van der Waals surface area contributed by atoms with Crippen LogP contribution in [0.1, 0.15) is 47.7 Å². The molecule has 3 aromatic carbocycles. The topological polar surface area (TPSA) is 109 Å². The molecule has 0 unspecified atom stereocenters. The quantitative estimate of drug-likeness (QED) is 0.226. The lowest BCUT2D eigenvalue weighted by atomic mass is 10.0. The lowest BCUT2D eigenvalue weighted by Gasteiger charge is -2.32. The van der Waals surface area contributed by atoms with Gasteiger partial charge in [-0.25, -0.2) is 8.42 Å². The number of carbonyl (C=O) groups excluding carboxylic acids is 2. The summed E-state index contributed by atoms with van der Waals surface area (Å²) in [5.41, 5.74) is 3.08. The van der Waals surface area contributed by atoms with Crippen molar-refractivity contribution in [2.24, 2.45) is 0 Å². The van der Waals surface area contributed by atoms with Crippen LogP contribution in [-0.2, 0) is 39.1 Å². The number of carbonyl (C=O) groups is 2. The zero-order valence-electron chi connectivity index (χ0n) is 25.3. The maximum Gasteiger partial charge on any atom is 0.247 e. The van der Waals surface area contributed by atoms with Crippen LogP contribution in [0.3, 0.4) is 0 Å². The van der Waals surface area contributed by atoms with Crippen molar-refractivity contribution in [3.63, 3.8) is 0 Å². The van der Waals surface area contributed by atoms with Gasteiger partial charge in [0, 0.05) is 32.3 Å². The Hall–Kier alpha value is -4.54. The number of hydrogen-bond donors (Lipinski definition) is 1. The van der Waals surface area contributed by atoms with E-state index in [2.05, 4.69) is 10.3 Å². The van der Waals surface area contributed by atoms with E-state index in [1.54, 1.807) is 42.5 Å². The summed E-state index contributed by atoms with van der Waals surface area (Å²) in [5.74, 6) is 0.172. The van der Waals surface area contributed by atoms with Gasteiger partial charge in [-0.2, -0.15) is 4.31 Å². The highest BCUT2D eigenvalue weighted by molar-refractivity contribution is 7.89. The summed E-state index contributed by atoms with van der Waals surface area (Å²) >= 11 is 0. The first-order valence-electron chi connectivity index (χ1n) is 15.1. The molecule has 1 N–H and O–H groups in total. The molecular formula is C35H38N4O5S. The highest BCUT2D eigenvalue weighted by atomic mass is 32.2. The molecule has 1 fully saturated rings. The number of pyridine rings is 1. The van der Waals surface area contributed by atoms with E-state index in [-0.39, 0.29) is 36.2 Å². The number of nitrogens with zero attached hydrogens (tertiary/aromatic N) is 3. The fourth-order valence-electron chi connectivity index (χ4n) is 5.44. The summed E-state index contributed by atoms with van der Waals surface area (Å²) in [4.78, 5) is 34.1. The summed E-state index contributed by atoms with van der Waals surface area (Å²) in [7, 11) is -1.92. The normalized spacial score (nSPS) is 14.1. The fraction of sp³-hybridized carbons (Fsp3) is 0.286. The second-order valence-electron chi connectivity index (χ2n) is 11.0. The minimum atomic E-state index is -3.52. The minimum absolute atomic E-state index is 0.130. The molecule has 4 aromatic rings. The monoisotopic (exact) mass is 626 g/mol. The van der Waals surface area contributed by atoms with Gasteiger partial charge in [0.25, 0.3) is 0 Å². The van der Waals surface area contributed by atoms with Crippen LogP contribution in [0.5, 0.6) is 5.75 Å². The van der Waals surface area contributed by atoms with Gasteiger partial charge in [0.2, 0.25) is 21.8 Å². The first-order valence-corrected chi connectivity index (χ1v) is 16.5. The number of sulfonamides is 1. The molecule has 2 amide bonds. The maximum atomic E-state index is 14.0. The van der Waals surface area contributed by atoms with Crippen LogP contribution >= 0.6 is 0 Å². The van der Waals surface area contributed by atoms with Gasteiger partial charge in [0.1, 0.15) is 11.8 Å². The van der Waals surface area contributed by atoms with E-state index in [9.17, 15) is 18.0 Å². The average Bonchev–Trinajstić information content (AvgIpc) is 3.64. The van der Waals surface area contributed by atoms with Gasteiger partial charge in [-0.3, -0.25) is 14.6 Å². The lowest BCUT2D eigenvalue weighted by Crippen LogP contribution is -2.43. The van der Waals surface area contributed by atoms with Crippen molar-refractivity contribution in [2.45, 2.75) is 49.7 Å². The molecule has 0 aliphatic carbocycles. The first kappa shape index (κ1) is 31.9. The van der Waals surface area contributed by atoms with Crippen LogP contribution in [0.2, 0.25) is 0 Å². The van der Waals surface area contributed by atoms with Crippen molar-refractivity contribution >= 4 is 21.8 Å². The molecule has 2 heterocycles. The molecule has 9 nitrogen and oxygen atoms in total. The molecule has 5 rings (SSSR count). The number of hydrogen-bond acceptors (Lipinski definition) is 6. The highest BCUT2D eigenvalue weighted by Crippen LogP contribution is 2.27. The van der Waals surface area contributed by atoms with Crippen molar-refractivity contribution in [3.8, 4) is 5.75 Å². The van der Waals surface area contributed by atoms with Crippen molar-refractivity contribution < 1.29 is 22.7 Å². The number of aromatic nitrogens is 1. The van der Waals surface area contributed by atoms with Crippen LogP contribution in [0, 0.1) is 0 Å². The number of aryl methyl sites for hydroxylation is 1. The van der Waals surface area contributed by atoms with Gasteiger partial charge in [-0.15, -0.1) is 0 Å². The summed E-state index contributed by atoms with van der Waals surface area (Å²) < 4.78 is 32.7. The zero-order chi connectivity index (χ0) is 31.6. The predicted molar refractivity (Wildman–Crippen MR) is 172 cm³/mol. The lowest BCUT2D eigenvalue weighted by molar-refractivity contribution is -0.141. The number of benzene rings is 3. The van der Waals surface area contributed by atoms with Crippen molar-refractivity contribution in [2.75, 3.05) is 20.2 Å². The van der Waals surface area contributed by atoms with Gasteiger partial charge >= 0.3 is 0 Å². The Morgan fingerprint density at radius 1 is 0.889 bits per heavy atom. The summed E-state index contributed by atoms with van der Waals surface area (Å²) in [6.45, 7) is 1.51. The van der Waals surface area contributed by atoms with Gasteiger partial charge in [0.05, 0.1) is 24.2 Å². The third-order valence-electron chi connectivity index (χ3n) is 7.93. The van der Waals surface area contributed by atoms with E-state index < -0.39 is 16.1 Å². The van der Waals surface area contributed by atoms with Crippen molar-refractivity contribution in [3.05, 3.63) is 126 Å². The van der Waals surface area contributed by atoms with Crippen molar-refractivity contribution in [1.82, 2.24) is 19.5 Å². The van der Waals surface area contributed by atoms with Gasteiger partial charge < -0.3 is 15.0 Å². The van der Waals surface area contributed by atoms with E-state index in [0.717, 1.165) is 24.0 Å². The second kappa shape index (κ2) is 15.0. The molecule has 1 aliphatic heterocycles. The number of nitrogens with one attached hydrogen (secondary N) is 1. The number of amides is 2. The Morgan fingerprint density at radius 3 is 2.20 bits per heavy atom. The number of rotatable bonds is 13. The fourth-order valence-corrected chi connectivity index (χ4v) is 6.95. The average molecular weight is 627 g/mol. The third-order valence-corrected chi connectivity index (χ3v) is 9.84. The molecule has 10 heteroatoms. The van der Waals surface area contributed by atoms with Crippen LogP contribution in [0.25, 0.3) is 0 Å². The van der Waals surface area contributed by atoms with Crippen LogP contribution in [0.4, 0.5) is 0 Å². The molecule has 1 saturated heterocycles. The molecular weight excluding hydrogens is 588 g/mol. The maximum absolute atomic E-state index is 14.0. The van der Waals surface area contributed by atoms with E-state index in [4.69, 9.17) is 4.74 Å². The van der Waals surface area contributed by atoms with Gasteiger partial charge in [-0.05, 0) is 72.4 Å². The summed E-state index contributed by atoms with van der Waals surface area (Å²) in [6, 6.07) is 28.0. The van der Waals surface area contributed by atoms with Crippen LogP contribution < -0.4 is 10.1 Å². The molecule has 45 heavy (non-hydrogen) atoms. The zero-order valence-corrected chi connectivity index (χ0v) is 26.2. The Kier molecular flexibility index (Phi) is 10.6. The Morgan fingerprint density at radius 2 is 1.56 bits per heavy atom. The molecule has 0 radical (unpaired) electrons. The summed E-state index contributed by atoms with van der Waals surface area (Å²) in [6.07, 6.45) is 3.93. The Balaban J connectivity index is 1.38.